The SMILES string of the molecule is COc1cc(C(=O)N(C)c2ccc(C)cc2OCCCCCCO)ccc1NC(=O)c1cccc2[nH]c(CN)nc12. The first kappa shape index (κ1) is 29.6. The van der Waals surface area contributed by atoms with E-state index in [9.17, 15) is 9.59 Å². The summed E-state index contributed by atoms with van der Waals surface area (Å²) in [4.78, 5) is 35.8. The number of aromatic nitrogens is 2. The zero-order chi connectivity index (χ0) is 29.4. The molecule has 0 radical (unpaired) electrons. The fourth-order valence-electron chi connectivity index (χ4n) is 4.55. The number of unbranched alkanes of at least 4 members (excludes halogenated alkanes) is 3. The van der Waals surface area contributed by atoms with E-state index in [2.05, 4.69) is 15.3 Å². The number of imidazole rings is 1. The Morgan fingerprint density at radius 3 is 2.61 bits per heavy atom. The molecule has 41 heavy (non-hydrogen) atoms. The largest absolute Gasteiger partial charge is 0.495 e. The van der Waals surface area contributed by atoms with Gasteiger partial charge in [0.15, 0.2) is 0 Å². The molecule has 5 N–H and O–H groups in total. The van der Waals surface area contributed by atoms with Gasteiger partial charge < -0.3 is 35.5 Å². The number of carbonyl (C=O) groups is 2. The number of ether oxygens (including phenoxy) is 2. The summed E-state index contributed by atoms with van der Waals surface area (Å²) in [6, 6.07) is 15.9. The molecule has 0 spiro atoms. The molecule has 0 aliphatic carbocycles. The van der Waals surface area contributed by atoms with E-state index < -0.39 is 0 Å². The van der Waals surface area contributed by atoms with Crippen molar-refractivity contribution in [2.75, 3.05) is 37.6 Å². The van der Waals surface area contributed by atoms with Crippen LogP contribution in [0.5, 0.6) is 11.5 Å². The van der Waals surface area contributed by atoms with Crippen LogP contribution in [0.3, 0.4) is 0 Å². The number of nitrogens with one attached hydrogen (secondary N) is 2. The van der Waals surface area contributed by atoms with Crippen LogP contribution in [0.4, 0.5) is 11.4 Å². The molecular formula is C31H37N5O5. The van der Waals surface area contributed by atoms with Crippen molar-refractivity contribution < 1.29 is 24.2 Å². The highest BCUT2D eigenvalue weighted by Gasteiger charge is 2.21. The predicted octanol–water partition coefficient (Wildman–Crippen LogP) is 4.80. The Kier molecular flexibility index (Phi) is 9.94. The molecule has 2 amide bonds. The van der Waals surface area contributed by atoms with Gasteiger partial charge in [0.05, 0.1) is 42.7 Å². The average Bonchev–Trinajstić information content (AvgIpc) is 3.42. The van der Waals surface area contributed by atoms with Gasteiger partial charge in [-0.3, -0.25) is 9.59 Å². The minimum atomic E-state index is -0.363. The number of nitrogens with two attached hydrogens (primary N) is 1. The number of hydrogen-bond donors (Lipinski definition) is 4. The molecule has 4 rings (SSSR count). The second-order valence-electron chi connectivity index (χ2n) is 9.78. The highest BCUT2D eigenvalue weighted by atomic mass is 16.5. The fourth-order valence-corrected chi connectivity index (χ4v) is 4.55. The summed E-state index contributed by atoms with van der Waals surface area (Å²) >= 11 is 0. The predicted molar refractivity (Wildman–Crippen MR) is 160 cm³/mol. The molecule has 0 unspecified atom stereocenters. The Balaban J connectivity index is 1.50. The number of H-pyrrole nitrogens is 1. The molecule has 0 saturated heterocycles. The molecule has 0 aliphatic heterocycles. The molecule has 10 nitrogen and oxygen atoms in total. The first-order valence-corrected chi connectivity index (χ1v) is 13.7. The Hall–Kier alpha value is -4.41. The van der Waals surface area contributed by atoms with E-state index >= 15 is 0 Å². The molecule has 10 heteroatoms. The van der Waals surface area contributed by atoms with Crippen molar-refractivity contribution in [2.24, 2.45) is 5.73 Å². The number of aryl methyl sites for hydroxylation is 1. The van der Waals surface area contributed by atoms with E-state index in [1.807, 2.05) is 31.2 Å². The zero-order valence-electron chi connectivity index (χ0n) is 23.7. The van der Waals surface area contributed by atoms with Gasteiger partial charge in [-0.1, -0.05) is 18.6 Å². The van der Waals surface area contributed by atoms with E-state index in [0.717, 1.165) is 36.8 Å². The molecule has 1 aromatic heterocycles. The van der Waals surface area contributed by atoms with Crippen molar-refractivity contribution in [3.63, 3.8) is 0 Å². The van der Waals surface area contributed by atoms with Crippen molar-refractivity contribution >= 4 is 34.2 Å². The van der Waals surface area contributed by atoms with Gasteiger partial charge in [-0.25, -0.2) is 4.98 Å². The van der Waals surface area contributed by atoms with Gasteiger partial charge in [0.2, 0.25) is 0 Å². The highest BCUT2D eigenvalue weighted by Crippen LogP contribution is 2.32. The van der Waals surface area contributed by atoms with Gasteiger partial charge in [0.25, 0.3) is 11.8 Å². The van der Waals surface area contributed by atoms with Crippen LogP contribution in [-0.2, 0) is 6.54 Å². The smallest absolute Gasteiger partial charge is 0.258 e. The molecular weight excluding hydrogens is 522 g/mol. The fraction of sp³-hybridized carbons (Fsp3) is 0.323. The Morgan fingerprint density at radius 1 is 1.05 bits per heavy atom. The van der Waals surface area contributed by atoms with E-state index in [1.54, 1.807) is 42.3 Å². The Bertz CT molecular complexity index is 1520. The van der Waals surface area contributed by atoms with Crippen LogP contribution in [0.2, 0.25) is 0 Å². The zero-order valence-corrected chi connectivity index (χ0v) is 23.7. The molecule has 0 bridgehead atoms. The number of aromatic amines is 1. The summed E-state index contributed by atoms with van der Waals surface area (Å²) in [6.45, 7) is 2.92. The maximum absolute atomic E-state index is 13.5. The first-order valence-electron chi connectivity index (χ1n) is 13.7. The summed E-state index contributed by atoms with van der Waals surface area (Å²) in [7, 11) is 3.18. The number of rotatable bonds is 13. The number of anilines is 2. The molecule has 0 aliphatic rings. The van der Waals surface area contributed by atoms with Crippen molar-refractivity contribution in [2.45, 2.75) is 39.2 Å². The molecule has 0 saturated carbocycles. The topological polar surface area (TPSA) is 143 Å². The van der Waals surface area contributed by atoms with Crippen molar-refractivity contribution in [1.82, 2.24) is 9.97 Å². The molecule has 216 valence electrons. The van der Waals surface area contributed by atoms with Gasteiger partial charge in [0.1, 0.15) is 22.8 Å². The lowest BCUT2D eigenvalue weighted by Crippen LogP contribution is -2.27. The Labute approximate surface area is 239 Å². The van der Waals surface area contributed by atoms with E-state index in [4.69, 9.17) is 20.3 Å². The van der Waals surface area contributed by atoms with Crippen LogP contribution >= 0.6 is 0 Å². The van der Waals surface area contributed by atoms with Crippen molar-refractivity contribution in [3.05, 3.63) is 77.1 Å². The van der Waals surface area contributed by atoms with Crippen molar-refractivity contribution in [1.29, 1.82) is 0 Å². The van der Waals surface area contributed by atoms with Crippen LogP contribution in [0.25, 0.3) is 11.0 Å². The van der Waals surface area contributed by atoms with Gasteiger partial charge in [-0.15, -0.1) is 0 Å². The second-order valence-corrected chi connectivity index (χ2v) is 9.78. The molecule has 1 heterocycles. The number of benzene rings is 3. The average molecular weight is 560 g/mol. The third-order valence-corrected chi connectivity index (χ3v) is 6.79. The maximum Gasteiger partial charge on any atom is 0.258 e. The first-order chi connectivity index (χ1) is 19.9. The van der Waals surface area contributed by atoms with Gasteiger partial charge >= 0.3 is 0 Å². The summed E-state index contributed by atoms with van der Waals surface area (Å²) < 4.78 is 11.6. The number of aliphatic hydroxyl groups is 1. The van der Waals surface area contributed by atoms with Gasteiger partial charge in [0, 0.05) is 19.2 Å². The van der Waals surface area contributed by atoms with Crippen LogP contribution in [0, 0.1) is 6.92 Å². The van der Waals surface area contributed by atoms with Gasteiger partial charge in [-0.05, 0) is 74.2 Å². The number of para-hydroxylation sites is 1. The summed E-state index contributed by atoms with van der Waals surface area (Å²) in [6.07, 6.45) is 3.56. The van der Waals surface area contributed by atoms with Crippen molar-refractivity contribution in [3.8, 4) is 11.5 Å². The van der Waals surface area contributed by atoms with Crippen LogP contribution in [-0.4, -0.2) is 54.3 Å². The van der Waals surface area contributed by atoms with Crippen LogP contribution in [0.15, 0.2) is 54.6 Å². The quantitative estimate of drug-likeness (QED) is 0.172. The molecule has 3 aromatic carbocycles. The maximum atomic E-state index is 13.5. The minimum absolute atomic E-state index is 0.200. The lowest BCUT2D eigenvalue weighted by atomic mass is 10.1. The molecule has 0 atom stereocenters. The number of hydrogen-bond acceptors (Lipinski definition) is 7. The third-order valence-electron chi connectivity index (χ3n) is 6.79. The Morgan fingerprint density at radius 2 is 1.85 bits per heavy atom. The minimum Gasteiger partial charge on any atom is -0.495 e. The number of fused-ring (bicyclic) bond motifs is 1. The molecule has 4 aromatic rings. The highest BCUT2D eigenvalue weighted by molar-refractivity contribution is 6.12. The number of carbonyl (C=O) groups excluding carboxylic acids is 2. The number of aliphatic hydroxyl groups excluding tert-OH is 1. The van der Waals surface area contributed by atoms with E-state index in [-0.39, 0.29) is 25.0 Å². The second kappa shape index (κ2) is 13.8. The lowest BCUT2D eigenvalue weighted by Gasteiger charge is -2.22. The number of nitrogens with zero attached hydrogens (tertiary/aromatic N) is 2. The van der Waals surface area contributed by atoms with Crippen LogP contribution < -0.4 is 25.4 Å². The van der Waals surface area contributed by atoms with Gasteiger partial charge in [-0.2, -0.15) is 0 Å². The third kappa shape index (κ3) is 7.03. The molecule has 0 fully saturated rings. The monoisotopic (exact) mass is 559 g/mol. The van der Waals surface area contributed by atoms with Crippen LogP contribution in [0.1, 0.15) is 57.8 Å². The summed E-state index contributed by atoms with van der Waals surface area (Å²) in [5, 5.41) is 11.8. The number of amides is 2. The standard InChI is InChI=1S/C31H37N5O5/c1-20-11-14-25(27(17-20)41-16-7-5-4-6-15-37)36(2)31(39)21-12-13-23(26(18-21)40-3)34-30(38)22-9-8-10-24-29(22)35-28(19-32)33-24/h8-14,17-18,37H,4-7,15-16,19,32H2,1-3H3,(H,33,35)(H,34,38). The normalized spacial score (nSPS) is 11.0. The van der Waals surface area contributed by atoms with E-state index in [1.165, 1.54) is 7.11 Å². The summed E-state index contributed by atoms with van der Waals surface area (Å²) in [5.74, 6) is 0.943. The number of methoxy groups -OCH3 is 1. The lowest BCUT2D eigenvalue weighted by molar-refractivity contribution is 0.0990. The summed E-state index contributed by atoms with van der Waals surface area (Å²) in [5.41, 5.74) is 9.82. The van der Waals surface area contributed by atoms with E-state index in [0.29, 0.717) is 51.9 Å².